The largest absolute Gasteiger partial charge is 0.390 e. The maximum Gasteiger partial charge on any atom is 0.265 e. The van der Waals surface area contributed by atoms with Crippen molar-refractivity contribution in [3.05, 3.63) is 0 Å². The maximum absolute atomic E-state index is 10.6. The van der Waals surface area contributed by atoms with Gasteiger partial charge in [-0.15, -0.1) is 0 Å². The van der Waals surface area contributed by atoms with Crippen LogP contribution < -0.4 is 0 Å². The molecule has 0 radical (unpaired) electrons. The SMILES string of the molecule is CC1(O)CC2(CC(CS(=O)(=O)O)C2)C1. The van der Waals surface area contributed by atoms with Gasteiger partial charge in [0, 0.05) is 0 Å². The molecule has 2 saturated carbocycles. The second-order valence-electron chi connectivity index (χ2n) is 5.37. The third-order valence-corrected chi connectivity index (χ3v) is 4.29. The summed E-state index contributed by atoms with van der Waals surface area (Å²) >= 11 is 0. The Balaban J connectivity index is 1.82. The molecule has 4 nitrogen and oxygen atoms in total. The first-order chi connectivity index (χ1) is 6.20. The van der Waals surface area contributed by atoms with Crippen LogP contribution in [0.25, 0.3) is 0 Å². The molecule has 0 aliphatic heterocycles. The van der Waals surface area contributed by atoms with E-state index in [0.717, 1.165) is 25.7 Å². The molecule has 0 heterocycles. The van der Waals surface area contributed by atoms with Gasteiger partial charge < -0.3 is 5.11 Å². The van der Waals surface area contributed by atoms with Crippen LogP contribution in [0, 0.1) is 11.3 Å². The minimum atomic E-state index is -3.81. The summed E-state index contributed by atoms with van der Waals surface area (Å²) in [4.78, 5) is 0. The second-order valence-corrected chi connectivity index (χ2v) is 6.87. The van der Waals surface area contributed by atoms with Gasteiger partial charge in [-0.3, -0.25) is 4.55 Å². The minimum Gasteiger partial charge on any atom is -0.390 e. The maximum atomic E-state index is 10.6. The van der Waals surface area contributed by atoms with E-state index < -0.39 is 15.7 Å². The van der Waals surface area contributed by atoms with Gasteiger partial charge in [0.2, 0.25) is 0 Å². The lowest BCUT2D eigenvalue weighted by atomic mass is 9.47. The van der Waals surface area contributed by atoms with Crippen molar-refractivity contribution in [2.45, 2.75) is 38.2 Å². The van der Waals surface area contributed by atoms with E-state index in [1.54, 1.807) is 0 Å². The van der Waals surface area contributed by atoms with E-state index in [4.69, 9.17) is 4.55 Å². The summed E-state index contributed by atoms with van der Waals surface area (Å²) in [5.41, 5.74) is -0.345. The predicted octanol–water partition coefficient (Wildman–Crippen LogP) is 0.815. The molecule has 0 bridgehead atoms. The summed E-state index contributed by atoms with van der Waals surface area (Å²) < 4.78 is 29.8. The summed E-state index contributed by atoms with van der Waals surface area (Å²) in [6, 6.07) is 0. The molecule has 2 rings (SSSR count). The number of aliphatic hydroxyl groups is 1. The standard InChI is InChI=1S/C9H16O4S/c1-8(10)5-9(6-8)2-7(3-9)4-14(11,12)13/h7,10H,2-6H2,1H3,(H,11,12,13). The molecule has 0 aromatic heterocycles. The van der Waals surface area contributed by atoms with Crippen molar-refractivity contribution in [1.29, 1.82) is 0 Å². The number of hydrogen-bond donors (Lipinski definition) is 2. The molecule has 2 N–H and O–H groups in total. The molecule has 5 heteroatoms. The number of rotatable bonds is 2. The van der Waals surface area contributed by atoms with E-state index in [9.17, 15) is 13.5 Å². The van der Waals surface area contributed by atoms with Crippen LogP contribution in [0.2, 0.25) is 0 Å². The van der Waals surface area contributed by atoms with Crippen molar-refractivity contribution in [2.24, 2.45) is 11.3 Å². The molecule has 0 atom stereocenters. The van der Waals surface area contributed by atoms with Crippen molar-refractivity contribution in [3.8, 4) is 0 Å². The zero-order chi connectivity index (χ0) is 10.6. The highest BCUT2D eigenvalue weighted by Gasteiger charge is 2.57. The van der Waals surface area contributed by atoms with Gasteiger partial charge in [-0.2, -0.15) is 8.42 Å². The molecule has 0 amide bonds. The lowest BCUT2D eigenvalue weighted by Crippen LogP contribution is -2.57. The Hall–Kier alpha value is -0.130. The van der Waals surface area contributed by atoms with Gasteiger partial charge in [-0.05, 0) is 43.9 Å². The highest BCUT2D eigenvalue weighted by molar-refractivity contribution is 7.85. The van der Waals surface area contributed by atoms with Crippen LogP contribution in [0.5, 0.6) is 0 Å². The lowest BCUT2D eigenvalue weighted by molar-refractivity contribution is -0.167. The molecule has 1 spiro atoms. The van der Waals surface area contributed by atoms with Crippen LogP contribution in [0.3, 0.4) is 0 Å². The summed E-state index contributed by atoms with van der Waals surface area (Å²) in [6.07, 6.45) is 3.23. The van der Waals surface area contributed by atoms with E-state index >= 15 is 0 Å². The molecule has 2 fully saturated rings. The Kier molecular flexibility index (Phi) is 2.01. The molecule has 2 aliphatic carbocycles. The zero-order valence-corrected chi connectivity index (χ0v) is 9.05. The summed E-state index contributed by atoms with van der Waals surface area (Å²) in [6.45, 7) is 1.81. The quantitative estimate of drug-likeness (QED) is 0.675. The Labute approximate surface area is 84.1 Å². The summed E-state index contributed by atoms with van der Waals surface area (Å²) in [5.74, 6) is -0.0160. The van der Waals surface area contributed by atoms with Gasteiger partial charge in [-0.1, -0.05) is 0 Å². The molecule has 82 valence electrons. The first kappa shape index (κ1) is 10.4. The third-order valence-electron chi connectivity index (χ3n) is 3.40. The Morgan fingerprint density at radius 2 is 1.86 bits per heavy atom. The first-order valence-electron chi connectivity index (χ1n) is 4.87. The monoisotopic (exact) mass is 220 g/mol. The van der Waals surface area contributed by atoms with Crippen molar-refractivity contribution in [1.82, 2.24) is 0 Å². The van der Waals surface area contributed by atoms with Gasteiger partial charge in [0.15, 0.2) is 0 Å². The molecular weight excluding hydrogens is 204 g/mol. The molecule has 14 heavy (non-hydrogen) atoms. The van der Waals surface area contributed by atoms with Crippen LogP contribution in [0.1, 0.15) is 32.6 Å². The first-order valence-corrected chi connectivity index (χ1v) is 6.48. The molecule has 2 aliphatic rings. The average molecular weight is 220 g/mol. The second kappa shape index (κ2) is 2.71. The molecule has 0 aromatic carbocycles. The van der Waals surface area contributed by atoms with Crippen molar-refractivity contribution in [2.75, 3.05) is 5.75 Å². The van der Waals surface area contributed by atoms with Gasteiger partial charge in [0.25, 0.3) is 10.1 Å². The Morgan fingerprint density at radius 1 is 1.36 bits per heavy atom. The average Bonchev–Trinajstić information content (AvgIpc) is 1.74. The van der Waals surface area contributed by atoms with Gasteiger partial charge in [0.1, 0.15) is 0 Å². The van der Waals surface area contributed by atoms with Gasteiger partial charge in [-0.25, -0.2) is 0 Å². The third kappa shape index (κ3) is 1.94. The van der Waals surface area contributed by atoms with Crippen LogP contribution >= 0.6 is 0 Å². The lowest BCUT2D eigenvalue weighted by Gasteiger charge is -2.60. The summed E-state index contributed by atoms with van der Waals surface area (Å²) in [7, 11) is -3.81. The van der Waals surface area contributed by atoms with E-state index in [-0.39, 0.29) is 17.1 Å². The molecule has 0 saturated heterocycles. The zero-order valence-electron chi connectivity index (χ0n) is 8.23. The Morgan fingerprint density at radius 3 is 2.21 bits per heavy atom. The van der Waals surface area contributed by atoms with Crippen LogP contribution in [-0.2, 0) is 10.1 Å². The number of hydrogen-bond acceptors (Lipinski definition) is 3. The van der Waals surface area contributed by atoms with Crippen LogP contribution in [0.15, 0.2) is 0 Å². The fraction of sp³-hybridized carbons (Fsp3) is 1.00. The van der Waals surface area contributed by atoms with Gasteiger partial charge >= 0.3 is 0 Å². The topological polar surface area (TPSA) is 74.6 Å². The van der Waals surface area contributed by atoms with E-state index in [0.29, 0.717) is 0 Å². The highest BCUT2D eigenvalue weighted by atomic mass is 32.2. The molecule has 0 aromatic rings. The van der Waals surface area contributed by atoms with E-state index in [1.807, 2.05) is 6.92 Å². The van der Waals surface area contributed by atoms with E-state index in [2.05, 4.69) is 0 Å². The normalized spacial score (nSPS) is 47.2. The molecular formula is C9H16O4S. The van der Waals surface area contributed by atoms with Crippen LogP contribution in [0.4, 0.5) is 0 Å². The smallest absolute Gasteiger partial charge is 0.265 e. The van der Waals surface area contributed by atoms with Crippen LogP contribution in [-0.4, -0.2) is 29.4 Å². The summed E-state index contributed by atoms with van der Waals surface area (Å²) in [5, 5.41) is 9.57. The highest BCUT2D eigenvalue weighted by Crippen LogP contribution is 2.62. The van der Waals surface area contributed by atoms with Crippen molar-refractivity contribution in [3.63, 3.8) is 0 Å². The van der Waals surface area contributed by atoms with Crippen molar-refractivity contribution >= 4 is 10.1 Å². The van der Waals surface area contributed by atoms with E-state index in [1.165, 1.54) is 0 Å². The molecule has 0 unspecified atom stereocenters. The Bertz CT molecular complexity index is 328. The van der Waals surface area contributed by atoms with Crippen molar-refractivity contribution < 1.29 is 18.1 Å². The van der Waals surface area contributed by atoms with Gasteiger partial charge in [0.05, 0.1) is 11.4 Å². The predicted molar refractivity (Wildman–Crippen MR) is 51.4 cm³/mol. The minimum absolute atomic E-state index is 0.0982. The fourth-order valence-corrected chi connectivity index (χ4v) is 4.26. The fourth-order valence-electron chi connectivity index (χ4n) is 3.43.